The first-order valence-corrected chi connectivity index (χ1v) is 11.4. The van der Waals surface area contributed by atoms with Gasteiger partial charge in [-0.25, -0.2) is 9.59 Å². The number of aliphatic hydroxyl groups excluding tert-OH is 1. The van der Waals surface area contributed by atoms with Gasteiger partial charge in [-0.3, -0.25) is 9.69 Å². The summed E-state index contributed by atoms with van der Waals surface area (Å²) in [7, 11) is 0. The number of ether oxygens (including phenoxy) is 1. The van der Waals surface area contributed by atoms with Crippen molar-refractivity contribution in [1.29, 1.82) is 0 Å². The van der Waals surface area contributed by atoms with Gasteiger partial charge in [0, 0.05) is 32.7 Å². The number of aliphatic hydroxyl groups is 1. The average molecular weight is 479 g/mol. The summed E-state index contributed by atoms with van der Waals surface area (Å²) in [6.45, 7) is 8.81. The summed E-state index contributed by atoms with van der Waals surface area (Å²) in [5.41, 5.74) is 1.17. The lowest BCUT2D eigenvalue weighted by molar-refractivity contribution is -0.159. The maximum Gasteiger partial charge on any atom is 0.414 e. The third kappa shape index (κ3) is 8.49. The maximum atomic E-state index is 10.8. The number of carbonyl (C=O) groups is 3. The fourth-order valence-corrected chi connectivity index (χ4v) is 4.23. The number of nitrogens with zero attached hydrogens (tertiary/aromatic N) is 2. The van der Waals surface area contributed by atoms with Gasteiger partial charge in [0.1, 0.15) is 18.5 Å². The Balaban J connectivity index is 0.000000569. The van der Waals surface area contributed by atoms with Crippen LogP contribution in [-0.2, 0) is 9.59 Å². The Morgan fingerprint density at radius 1 is 1.06 bits per heavy atom. The molecular weight excluding hydrogens is 448 g/mol. The molecule has 3 rings (SSSR count). The molecule has 0 aliphatic carbocycles. The van der Waals surface area contributed by atoms with Crippen molar-refractivity contribution in [3.8, 4) is 5.75 Å². The lowest BCUT2D eigenvalue weighted by Crippen LogP contribution is -2.49. The fraction of sp³-hybridized carbons (Fsp3) is 0.435. The number of rotatable bonds is 8. The number of aldehydes is 1. The van der Waals surface area contributed by atoms with Crippen molar-refractivity contribution in [2.24, 2.45) is 0 Å². The van der Waals surface area contributed by atoms with Crippen molar-refractivity contribution in [2.45, 2.75) is 25.9 Å². The molecule has 0 bridgehead atoms. The van der Waals surface area contributed by atoms with Gasteiger partial charge in [0.05, 0.1) is 9.88 Å². The normalized spacial score (nSPS) is 14.8. The van der Waals surface area contributed by atoms with Crippen LogP contribution < -0.4 is 9.64 Å². The molecule has 1 fully saturated rings. The largest absolute Gasteiger partial charge is 0.491 e. The first-order valence-electron chi connectivity index (χ1n) is 10.6. The quantitative estimate of drug-likeness (QED) is 0.387. The molecular formula is C23H30N2O7S. The van der Waals surface area contributed by atoms with Gasteiger partial charge < -0.3 is 25.0 Å². The van der Waals surface area contributed by atoms with Crippen molar-refractivity contribution < 1.29 is 34.4 Å². The molecule has 3 N–H and O–H groups in total. The number of β-amino-alcohol motifs (C(OH)–C–C–N with tert-alkyl or cyclic N) is 1. The van der Waals surface area contributed by atoms with Gasteiger partial charge in [-0.05, 0) is 29.7 Å². The van der Waals surface area contributed by atoms with Crippen LogP contribution >= 0.6 is 11.3 Å². The van der Waals surface area contributed by atoms with Crippen LogP contribution in [0.4, 0.5) is 5.00 Å². The molecule has 0 radical (unpaired) electrons. The predicted molar refractivity (Wildman–Crippen MR) is 126 cm³/mol. The highest BCUT2D eigenvalue weighted by molar-refractivity contribution is 7.17. The highest BCUT2D eigenvalue weighted by atomic mass is 32.1. The number of hydrogen-bond acceptors (Lipinski definition) is 8. The second-order valence-corrected chi connectivity index (χ2v) is 8.94. The number of anilines is 1. The van der Waals surface area contributed by atoms with Gasteiger partial charge in [-0.2, -0.15) is 0 Å². The third-order valence-corrected chi connectivity index (χ3v) is 6.11. The number of carbonyl (C=O) groups excluding carboxylic acids is 1. The van der Waals surface area contributed by atoms with Crippen LogP contribution in [0.5, 0.6) is 5.75 Å². The maximum absolute atomic E-state index is 10.8. The topological polar surface area (TPSA) is 128 Å². The van der Waals surface area contributed by atoms with E-state index >= 15 is 0 Å². The molecule has 1 aliphatic heterocycles. The number of carboxylic acids is 2. The zero-order valence-electron chi connectivity index (χ0n) is 18.7. The smallest absolute Gasteiger partial charge is 0.414 e. The third-order valence-electron chi connectivity index (χ3n) is 5.04. The molecule has 0 saturated carbocycles. The number of aliphatic carboxylic acids is 2. The van der Waals surface area contributed by atoms with Crippen molar-refractivity contribution >= 4 is 34.6 Å². The lowest BCUT2D eigenvalue weighted by atomic mass is 10.0. The fourth-order valence-electron chi connectivity index (χ4n) is 3.35. The monoisotopic (exact) mass is 478 g/mol. The van der Waals surface area contributed by atoms with Gasteiger partial charge in [0.15, 0.2) is 6.29 Å². The summed E-state index contributed by atoms with van der Waals surface area (Å²) < 4.78 is 5.89. The molecule has 33 heavy (non-hydrogen) atoms. The average Bonchev–Trinajstić information content (AvgIpc) is 3.28. The number of benzene rings is 1. The summed E-state index contributed by atoms with van der Waals surface area (Å²) in [5.74, 6) is -2.39. The van der Waals surface area contributed by atoms with E-state index in [1.165, 1.54) is 16.9 Å². The van der Waals surface area contributed by atoms with E-state index in [-0.39, 0.29) is 0 Å². The summed E-state index contributed by atoms with van der Waals surface area (Å²) >= 11 is 1.53. The summed E-state index contributed by atoms with van der Waals surface area (Å²) in [5, 5.41) is 26.3. The minimum atomic E-state index is -1.82. The summed E-state index contributed by atoms with van der Waals surface area (Å²) in [4.78, 5) is 34.4. The van der Waals surface area contributed by atoms with Gasteiger partial charge in [-0.1, -0.05) is 32.0 Å². The van der Waals surface area contributed by atoms with Crippen LogP contribution in [0.25, 0.3) is 0 Å². The van der Waals surface area contributed by atoms with Crippen molar-refractivity contribution in [3.05, 3.63) is 46.8 Å². The lowest BCUT2D eigenvalue weighted by Gasteiger charge is -2.36. The van der Waals surface area contributed by atoms with Gasteiger partial charge in [-0.15, -0.1) is 11.3 Å². The summed E-state index contributed by atoms with van der Waals surface area (Å²) in [6, 6.07) is 11.9. The van der Waals surface area contributed by atoms with E-state index in [9.17, 15) is 9.90 Å². The molecule has 1 aliphatic rings. The molecule has 1 unspecified atom stereocenters. The second-order valence-electron chi connectivity index (χ2n) is 7.85. The van der Waals surface area contributed by atoms with Crippen LogP contribution in [0.2, 0.25) is 0 Å². The van der Waals surface area contributed by atoms with Gasteiger partial charge in [0.25, 0.3) is 0 Å². The Hall–Kier alpha value is -2.95. The molecule has 2 aromatic rings. The van der Waals surface area contributed by atoms with Crippen LogP contribution in [0, 0.1) is 0 Å². The number of para-hydroxylation sites is 1. The first kappa shape index (κ1) is 26.3. The molecule has 1 aromatic heterocycles. The van der Waals surface area contributed by atoms with Gasteiger partial charge in [0.2, 0.25) is 0 Å². The van der Waals surface area contributed by atoms with Crippen LogP contribution in [0.3, 0.4) is 0 Å². The second kappa shape index (κ2) is 12.9. The standard InChI is InChI=1S/C21H28N2O3S.C2H2O4/c1-16(2)19-5-3-4-6-20(19)26-15-17(25)13-22-9-11-23(12-10-22)21-8-7-18(14-24)27-21;3-1(4)2(5)6/h3-8,14,16-17,25H,9-13,15H2,1-2H3;(H,3,4)(H,5,6). The van der Waals surface area contributed by atoms with E-state index in [2.05, 4.69) is 29.7 Å². The number of carboxylic acid groups (broad SMARTS) is 2. The molecule has 10 heteroatoms. The Bertz CT molecular complexity index is 911. The molecule has 1 saturated heterocycles. The number of piperazine rings is 1. The van der Waals surface area contributed by atoms with E-state index in [0.717, 1.165) is 48.1 Å². The molecule has 0 amide bonds. The Kier molecular flexibility index (Phi) is 10.3. The molecule has 2 heterocycles. The molecule has 0 spiro atoms. The van der Waals surface area contributed by atoms with Crippen LogP contribution in [0.1, 0.15) is 35.0 Å². The van der Waals surface area contributed by atoms with Crippen molar-refractivity contribution in [3.63, 3.8) is 0 Å². The Morgan fingerprint density at radius 3 is 2.24 bits per heavy atom. The van der Waals surface area contributed by atoms with Crippen LogP contribution in [0.15, 0.2) is 36.4 Å². The molecule has 9 nitrogen and oxygen atoms in total. The molecule has 1 aromatic carbocycles. The highest BCUT2D eigenvalue weighted by Gasteiger charge is 2.21. The molecule has 1 atom stereocenters. The number of thiophene rings is 1. The van der Waals surface area contributed by atoms with Gasteiger partial charge >= 0.3 is 11.9 Å². The van der Waals surface area contributed by atoms with E-state index in [4.69, 9.17) is 24.5 Å². The van der Waals surface area contributed by atoms with Crippen molar-refractivity contribution in [1.82, 2.24) is 4.90 Å². The van der Waals surface area contributed by atoms with E-state index in [0.29, 0.717) is 19.1 Å². The molecule has 180 valence electrons. The van der Waals surface area contributed by atoms with E-state index in [1.54, 1.807) is 0 Å². The number of hydrogen-bond donors (Lipinski definition) is 3. The minimum Gasteiger partial charge on any atom is -0.491 e. The summed E-state index contributed by atoms with van der Waals surface area (Å²) in [6.07, 6.45) is 0.387. The van der Waals surface area contributed by atoms with E-state index < -0.39 is 18.0 Å². The van der Waals surface area contributed by atoms with E-state index in [1.807, 2.05) is 30.3 Å². The van der Waals surface area contributed by atoms with Crippen LogP contribution in [-0.4, -0.2) is 83.9 Å². The Morgan fingerprint density at radius 2 is 1.70 bits per heavy atom. The zero-order chi connectivity index (χ0) is 24.4. The van der Waals surface area contributed by atoms with Crippen molar-refractivity contribution in [2.75, 3.05) is 44.2 Å². The highest BCUT2D eigenvalue weighted by Crippen LogP contribution is 2.27. The Labute approximate surface area is 196 Å². The minimum absolute atomic E-state index is 0.303. The predicted octanol–water partition coefficient (Wildman–Crippen LogP) is 2.40. The first-order chi connectivity index (χ1) is 15.7. The zero-order valence-corrected chi connectivity index (χ0v) is 19.5. The SMILES string of the molecule is CC(C)c1ccccc1OCC(O)CN1CCN(c2ccc(C=O)s2)CC1.O=C(O)C(=O)O.